The molecule has 168 valence electrons. The Labute approximate surface area is 189 Å². The van der Waals surface area contributed by atoms with Gasteiger partial charge in [0.15, 0.2) is 6.10 Å². The number of amides is 1. The molecule has 6 nitrogen and oxygen atoms in total. The summed E-state index contributed by atoms with van der Waals surface area (Å²) in [6, 6.07) is 19.1. The summed E-state index contributed by atoms with van der Waals surface area (Å²) in [6.07, 6.45) is -0.168. The Kier molecular flexibility index (Phi) is 7.20. The summed E-state index contributed by atoms with van der Waals surface area (Å²) in [6.45, 7) is 7.60. The fourth-order valence-corrected chi connectivity index (χ4v) is 4.21. The van der Waals surface area contributed by atoms with E-state index in [0.29, 0.717) is 23.5 Å². The molecule has 0 aliphatic rings. The second kappa shape index (κ2) is 9.87. The molecule has 0 spiro atoms. The van der Waals surface area contributed by atoms with Crippen molar-refractivity contribution in [1.29, 1.82) is 0 Å². The Bertz CT molecular complexity index is 1190. The molecule has 0 aromatic heterocycles. The van der Waals surface area contributed by atoms with E-state index in [2.05, 4.69) is 10.0 Å². The van der Waals surface area contributed by atoms with Crippen molar-refractivity contribution in [2.24, 2.45) is 0 Å². The van der Waals surface area contributed by atoms with Crippen molar-refractivity contribution >= 4 is 27.3 Å². The molecule has 1 atom stereocenters. The molecular weight excluding hydrogens is 424 g/mol. The molecule has 3 aromatic carbocycles. The van der Waals surface area contributed by atoms with Crippen LogP contribution < -0.4 is 14.8 Å². The lowest BCUT2D eigenvalue weighted by molar-refractivity contribution is -0.122. The van der Waals surface area contributed by atoms with E-state index in [1.165, 1.54) is 12.1 Å². The maximum absolute atomic E-state index is 12.8. The number of aryl methyl sites for hydroxylation is 3. The van der Waals surface area contributed by atoms with Crippen molar-refractivity contribution in [2.45, 2.75) is 45.1 Å². The fourth-order valence-electron chi connectivity index (χ4n) is 3.09. The molecule has 7 heteroatoms. The van der Waals surface area contributed by atoms with Crippen molar-refractivity contribution in [1.82, 2.24) is 0 Å². The molecule has 0 aliphatic carbocycles. The number of rotatable bonds is 8. The molecule has 0 heterocycles. The lowest BCUT2D eigenvalue weighted by atomic mass is 10.1. The van der Waals surface area contributed by atoms with Gasteiger partial charge in [-0.3, -0.25) is 9.52 Å². The summed E-state index contributed by atoms with van der Waals surface area (Å²) >= 11 is 0. The minimum Gasteiger partial charge on any atom is -0.481 e. The Morgan fingerprint density at radius 2 is 1.53 bits per heavy atom. The minimum absolute atomic E-state index is 0.111. The molecule has 0 aliphatic heterocycles. The molecule has 3 aromatic rings. The zero-order chi connectivity index (χ0) is 23.3. The number of carbonyl (C=O) groups excluding carboxylic acids is 1. The van der Waals surface area contributed by atoms with Crippen LogP contribution in [0.15, 0.2) is 71.6 Å². The number of ether oxygens (including phenoxy) is 1. The lowest BCUT2D eigenvalue weighted by Gasteiger charge is -2.17. The van der Waals surface area contributed by atoms with Crippen molar-refractivity contribution in [3.63, 3.8) is 0 Å². The predicted molar refractivity (Wildman–Crippen MR) is 128 cm³/mol. The highest BCUT2D eigenvalue weighted by molar-refractivity contribution is 7.92. The first-order valence-corrected chi connectivity index (χ1v) is 11.9. The standard InChI is InChI=1S/C25H28N2O4S/c1-5-24(31-21-12-7-17(2)8-13-21)25(28)26-20-10-14-22(15-11-20)32(29,30)27-23-16-18(3)6-9-19(23)4/h6-16,24,27H,5H2,1-4H3,(H,26,28)/t24-/m1/s1. The second-order valence-corrected chi connectivity index (χ2v) is 9.45. The highest BCUT2D eigenvalue weighted by Crippen LogP contribution is 2.22. The van der Waals surface area contributed by atoms with E-state index in [4.69, 9.17) is 4.74 Å². The van der Waals surface area contributed by atoms with Crippen LogP contribution in [0.4, 0.5) is 11.4 Å². The van der Waals surface area contributed by atoms with Crippen LogP contribution in [-0.2, 0) is 14.8 Å². The van der Waals surface area contributed by atoms with Crippen LogP contribution in [0.5, 0.6) is 5.75 Å². The Balaban J connectivity index is 1.68. The Morgan fingerprint density at radius 1 is 0.906 bits per heavy atom. The zero-order valence-electron chi connectivity index (χ0n) is 18.7. The van der Waals surface area contributed by atoms with Gasteiger partial charge in [0.05, 0.1) is 10.6 Å². The molecule has 0 unspecified atom stereocenters. The summed E-state index contributed by atoms with van der Waals surface area (Å²) in [5.41, 5.74) is 3.94. The molecule has 0 radical (unpaired) electrons. The molecule has 3 rings (SSSR count). The van der Waals surface area contributed by atoms with E-state index in [9.17, 15) is 13.2 Å². The molecule has 0 bridgehead atoms. The third-order valence-corrected chi connectivity index (χ3v) is 6.41. The van der Waals surface area contributed by atoms with Gasteiger partial charge in [-0.25, -0.2) is 8.42 Å². The van der Waals surface area contributed by atoms with Gasteiger partial charge in [0.2, 0.25) is 0 Å². The SMILES string of the molecule is CC[C@@H](Oc1ccc(C)cc1)C(=O)Nc1ccc(S(=O)(=O)Nc2cc(C)ccc2C)cc1. The van der Waals surface area contributed by atoms with E-state index < -0.39 is 16.1 Å². The topological polar surface area (TPSA) is 84.5 Å². The van der Waals surface area contributed by atoms with Gasteiger partial charge in [-0.15, -0.1) is 0 Å². The van der Waals surface area contributed by atoms with Crippen LogP contribution in [-0.4, -0.2) is 20.4 Å². The first kappa shape index (κ1) is 23.3. The van der Waals surface area contributed by atoms with Gasteiger partial charge in [-0.1, -0.05) is 36.8 Å². The second-order valence-electron chi connectivity index (χ2n) is 7.77. The number of sulfonamides is 1. The van der Waals surface area contributed by atoms with Gasteiger partial charge in [-0.05, 0) is 80.8 Å². The van der Waals surface area contributed by atoms with Gasteiger partial charge >= 0.3 is 0 Å². The monoisotopic (exact) mass is 452 g/mol. The molecule has 0 saturated heterocycles. The molecule has 0 saturated carbocycles. The third kappa shape index (κ3) is 5.88. The zero-order valence-corrected chi connectivity index (χ0v) is 19.5. The van der Waals surface area contributed by atoms with Gasteiger partial charge in [0, 0.05) is 5.69 Å². The van der Waals surface area contributed by atoms with E-state index in [1.807, 2.05) is 64.1 Å². The molecular formula is C25H28N2O4S. The largest absolute Gasteiger partial charge is 0.481 e. The first-order chi connectivity index (χ1) is 15.2. The molecule has 0 fully saturated rings. The highest BCUT2D eigenvalue weighted by Gasteiger charge is 2.20. The van der Waals surface area contributed by atoms with E-state index in [0.717, 1.165) is 16.7 Å². The summed E-state index contributed by atoms with van der Waals surface area (Å²) in [5, 5.41) is 2.79. The number of benzene rings is 3. The lowest BCUT2D eigenvalue weighted by Crippen LogP contribution is -2.32. The van der Waals surface area contributed by atoms with E-state index >= 15 is 0 Å². The van der Waals surface area contributed by atoms with Crippen molar-refractivity contribution in [3.8, 4) is 5.75 Å². The first-order valence-electron chi connectivity index (χ1n) is 10.4. The fraction of sp³-hybridized carbons (Fsp3) is 0.240. The quantitative estimate of drug-likeness (QED) is 0.491. The van der Waals surface area contributed by atoms with Gasteiger partial charge < -0.3 is 10.1 Å². The van der Waals surface area contributed by atoms with Gasteiger partial charge in [-0.2, -0.15) is 0 Å². The van der Waals surface area contributed by atoms with Crippen LogP contribution in [0.3, 0.4) is 0 Å². The maximum atomic E-state index is 12.8. The molecule has 1 amide bonds. The average Bonchev–Trinajstić information content (AvgIpc) is 2.76. The summed E-state index contributed by atoms with van der Waals surface area (Å²) in [5.74, 6) is 0.328. The number of hydrogen-bond donors (Lipinski definition) is 2. The predicted octanol–water partition coefficient (Wildman–Crippen LogP) is 5.21. The summed E-state index contributed by atoms with van der Waals surface area (Å²) in [4.78, 5) is 12.8. The van der Waals surface area contributed by atoms with Crippen LogP contribution in [0.2, 0.25) is 0 Å². The third-order valence-electron chi connectivity index (χ3n) is 5.03. The average molecular weight is 453 g/mol. The number of carbonyl (C=O) groups is 1. The van der Waals surface area contributed by atoms with Gasteiger partial charge in [0.1, 0.15) is 5.75 Å². The van der Waals surface area contributed by atoms with Gasteiger partial charge in [0.25, 0.3) is 15.9 Å². The Hall–Kier alpha value is -3.32. The van der Waals surface area contributed by atoms with Crippen molar-refractivity contribution in [3.05, 3.63) is 83.4 Å². The molecule has 32 heavy (non-hydrogen) atoms. The maximum Gasteiger partial charge on any atom is 0.265 e. The highest BCUT2D eigenvalue weighted by atomic mass is 32.2. The van der Waals surface area contributed by atoms with Crippen molar-refractivity contribution in [2.75, 3.05) is 10.0 Å². The van der Waals surface area contributed by atoms with Crippen LogP contribution in [0, 0.1) is 20.8 Å². The van der Waals surface area contributed by atoms with E-state index in [1.54, 1.807) is 18.2 Å². The smallest absolute Gasteiger partial charge is 0.265 e. The number of anilines is 2. The van der Waals surface area contributed by atoms with Crippen molar-refractivity contribution < 1.29 is 17.9 Å². The van der Waals surface area contributed by atoms with Crippen LogP contribution in [0.25, 0.3) is 0 Å². The summed E-state index contributed by atoms with van der Waals surface area (Å²) < 4.78 is 34.0. The Morgan fingerprint density at radius 3 is 2.16 bits per heavy atom. The normalized spacial score (nSPS) is 12.1. The number of hydrogen-bond acceptors (Lipinski definition) is 4. The van der Waals surface area contributed by atoms with Crippen LogP contribution >= 0.6 is 0 Å². The minimum atomic E-state index is -3.75. The number of nitrogens with one attached hydrogen (secondary N) is 2. The van der Waals surface area contributed by atoms with Crippen LogP contribution in [0.1, 0.15) is 30.0 Å². The summed E-state index contributed by atoms with van der Waals surface area (Å²) in [7, 11) is -3.75. The van der Waals surface area contributed by atoms with E-state index in [-0.39, 0.29) is 10.8 Å². The molecule has 2 N–H and O–H groups in total.